The van der Waals surface area contributed by atoms with Crippen LogP contribution in [0.2, 0.25) is 10.0 Å². The average molecular weight is 570 g/mol. The largest absolute Gasteiger partial charge is 0.365 e. The van der Waals surface area contributed by atoms with E-state index in [9.17, 15) is 8.42 Å². The van der Waals surface area contributed by atoms with Crippen molar-refractivity contribution in [1.29, 1.82) is 0 Å². The van der Waals surface area contributed by atoms with Gasteiger partial charge in [-0.25, -0.2) is 22.6 Å². The van der Waals surface area contributed by atoms with Crippen LogP contribution in [-0.4, -0.2) is 42.0 Å². The van der Waals surface area contributed by atoms with Gasteiger partial charge in [0, 0.05) is 13.1 Å². The number of aromatic amines is 1. The summed E-state index contributed by atoms with van der Waals surface area (Å²) in [7, 11) is -3.22. The minimum absolute atomic E-state index is 0.137. The maximum atomic E-state index is 12.0. The quantitative estimate of drug-likeness (QED) is 0.243. The van der Waals surface area contributed by atoms with Crippen LogP contribution in [0.25, 0.3) is 27.0 Å². The molecule has 1 unspecified atom stereocenters. The van der Waals surface area contributed by atoms with Crippen molar-refractivity contribution in [2.45, 2.75) is 25.6 Å². The fraction of sp³-hybridized carbons (Fsp3) is 0.286. The van der Waals surface area contributed by atoms with Crippen molar-refractivity contribution in [2.24, 2.45) is 5.92 Å². The molecule has 1 saturated heterocycles. The van der Waals surface area contributed by atoms with Gasteiger partial charge in [-0.3, -0.25) is 0 Å². The van der Waals surface area contributed by atoms with Gasteiger partial charge in [-0.1, -0.05) is 65.7 Å². The summed E-state index contributed by atoms with van der Waals surface area (Å²) in [5, 5.41) is 0.892. The van der Waals surface area contributed by atoms with Crippen LogP contribution < -0.4 is 0 Å². The first-order valence-electron chi connectivity index (χ1n) is 12.2. The van der Waals surface area contributed by atoms with Gasteiger partial charge in [0.1, 0.15) is 12.4 Å². The molecule has 0 saturated carbocycles. The van der Waals surface area contributed by atoms with Crippen LogP contribution in [0, 0.1) is 12.5 Å². The molecule has 196 valence electrons. The second kappa shape index (κ2) is 11.0. The molecule has 1 atom stereocenters. The topological polar surface area (TPSA) is 79.7 Å². The molecule has 3 aromatic carbocycles. The summed E-state index contributed by atoms with van der Waals surface area (Å²) < 4.78 is 32.1. The molecule has 2 heterocycles. The Morgan fingerprint density at radius 1 is 1.08 bits per heavy atom. The van der Waals surface area contributed by atoms with Crippen molar-refractivity contribution in [1.82, 2.24) is 14.3 Å². The van der Waals surface area contributed by atoms with Crippen LogP contribution >= 0.6 is 23.2 Å². The van der Waals surface area contributed by atoms with Crippen molar-refractivity contribution < 1.29 is 13.2 Å². The highest BCUT2D eigenvalue weighted by molar-refractivity contribution is 7.88. The number of piperidine rings is 1. The Hall–Kier alpha value is -2.93. The number of H-pyrrole nitrogens is 1. The van der Waals surface area contributed by atoms with Gasteiger partial charge in [-0.15, -0.1) is 0 Å². The molecule has 0 aliphatic carbocycles. The van der Waals surface area contributed by atoms with Gasteiger partial charge in [0.25, 0.3) is 0 Å². The Morgan fingerprint density at radius 2 is 1.79 bits per heavy atom. The molecule has 1 aliphatic heterocycles. The Balaban J connectivity index is 1.39. The minimum Gasteiger partial charge on any atom is -0.365 e. The lowest BCUT2D eigenvalue weighted by atomic mass is 9.87. The van der Waals surface area contributed by atoms with E-state index in [-0.39, 0.29) is 18.6 Å². The zero-order valence-electron chi connectivity index (χ0n) is 20.7. The van der Waals surface area contributed by atoms with E-state index in [1.807, 2.05) is 42.5 Å². The number of nitrogens with one attached hydrogen (secondary N) is 1. The van der Waals surface area contributed by atoms with Crippen molar-refractivity contribution in [2.75, 3.05) is 19.3 Å². The lowest BCUT2D eigenvalue weighted by molar-refractivity contribution is -0.0177. The molecule has 1 fully saturated rings. The summed E-state index contributed by atoms with van der Waals surface area (Å²) in [5.74, 6) is 0.794. The summed E-state index contributed by atoms with van der Waals surface area (Å²) in [6.07, 6.45) is 2.39. The standard InChI is InChI=1S/C28H26Cl2N4O3S/c1-31-22-5-3-4-21(14-22)18-6-8-19(9-7-18)28(20-10-12-34(13-11-20)38(2,35)36)37-17-27-32-25-15-23(29)24(30)16-26(25)33-27/h3-9,14-16,20,28H,10-13,17H2,2H3,(H,32,33). The van der Waals surface area contributed by atoms with Crippen molar-refractivity contribution in [3.8, 4) is 11.1 Å². The first-order chi connectivity index (χ1) is 18.2. The molecular formula is C28H26Cl2N4O3S. The summed E-state index contributed by atoms with van der Waals surface area (Å²) in [4.78, 5) is 11.4. The smallest absolute Gasteiger partial charge is 0.211 e. The summed E-state index contributed by atoms with van der Waals surface area (Å²) in [6.45, 7) is 8.45. The van der Waals surface area contributed by atoms with Crippen LogP contribution in [0.1, 0.15) is 30.3 Å². The number of imidazole rings is 1. The van der Waals surface area contributed by atoms with E-state index >= 15 is 0 Å². The molecule has 1 N–H and O–H groups in total. The molecule has 0 bridgehead atoms. The minimum atomic E-state index is -3.22. The van der Waals surface area contributed by atoms with Crippen LogP contribution in [-0.2, 0) is 21.4 Å². The van der Waals surface area contributed by atoms with Gasteiger partial charge in [0.05, 0.1) is 40.0 Å². The zero-order valence-corrected chi connectivity index (χ0v) is 23.0. The number of benzene rings is 3. The van der Waals surface area contributed by atoms with E-state index in [4.69, 9.17) is 34.5 Å². The highest BCUT2D eigenvalue weighted by atomic mass is 35.5. The normalized spacial score (nSPS) is 15.9. The highest BCUT2D eigenvalue weighted by Crippen LogP contribution is 2.36. The van der Waals surface area contributed by atoms with Gasteiger partial charge in [0.15, 0.2) is 5.69 Å². The number of fused-ring (bicyclic) bond motifs is 1. The Labute approximate surface area is 232 Å². The fourth-order valence-electron chi connectivity index (χ4n) is 4.93. The van der Waals surface area contributed by atoms with Gasteiger partial charge in [0.2, 0.25) is 10.0 Å². The molecular weight excluding hydrogens is 543 g/mol. The van der Waals surface area contributed by atoms with Gasteiger partial charge in [-0.2, -0.15) is 0 Å². The molecule has 0 radical (unpaired) electrons. The lowest BCUT2D eigenvalue weighted by Gasteiger charge is -2.35. The van der Waals surface area contributed by atoms with Crippen molar-refractivity contribution in [3.05, 3.63) is 93.5 Å². The van der Waals surface area contributed by atoms with E-state index in [1.54, 1.807) is 18.2 Å². The SMILES string of the molecule is [C-]#[N+]c1cccc(-c2ccc(C(OCc3nc4cc(Cl)c(Cl)cc4[nH]3)C3CCN(S(C)(=O)=O)CC3)cc2)c1. The number of hydrogen-bond acceptors (Lipinski definition) is 4. The number of sulfonamides is 1. The predicted octanol–water partition coefficient (Wildman–Crippen LogP) is 7.02. The molecule has 38 heavy (non-hydrogen) atoms. The van der Waals surface area contributed by atoms with Gasteiger partial charge < -0.3 is 9.72 Å². The molecule has 10 heteroatoms. The number of aromatic nitrogens is 2. The van der Waals surface area contributed by atoms with Crippen molar-refractivity contribution in [3.63, 3.8) is 0 Å². The van der Waals surface area contributed by atoms with E-state index in [2.05, 4.69) is 14.8 Å². The lowest BCUT2D eigenvalue weighted by Crippen LogP contribution is -2.39. The first kappa shape index (κ1) is 26.7. The molecule has 1 aromatic heterocycles. The maximum Gasteiger partial charge on any atom is 0.211 e. The molecule has 7 nitrogen and oxygen atoms in total. The Kier molecular flexibility index (Phi) is 7.75. The third-order valence-corrected chi connectivity index (χ3v) is 8.94. The number of ether oxygens (including phenoxy) is 1. The average Bonchev–Trinajstić information content (AvgIpc) is 3.30. The third-order valence-electron chi connectivity index (χ3n) is 6.92. The molecule has 5 rings (SSSR count). The Bertz CT molecular complexity index is 1570. The Morgan fingerprint density at radius 3 is 2.47 bits per heavy atom. The monoisotopic (exact) mass is 568 g/mol. The number of hydrogen-bond donors (Lipinski definition) is 1. The van der Waals surface area contributed by atoms with E-state index < -0.39 is 10.0 Å². The van der Waals surface area contributed by atoms with E-state index in [1.165, 1.54) is 10.6 Å². The number of nitrogens with zero attached hydrogens (tertiary/aromatic N) is 3. The molecule has 0 spiro atoms. The van der Waals surface area contributed by atoms with E-state index in [0.29, 0.717) is 53.0 Å². The highest BCUT2D eigenvalue weighted by Gasteiger charge is 2.31. The second-order valence-electron chi connectivity index (χ2n) is 9.48. The van der Waals surface area contributed by atoms with E-state index in [0.717, 1.165) is 22.2 Å². The van der Waals surface area contributed by atoms with Crippen LogP contribution in [0.5, 0.6) is 0 Å². The molecule has 1 aliphatic rings. The third kappa shape index (κ3) is 5.88. The summed E-state index contributed by atoms with van der Waals surface area (Å²) in [6, 6.07) is 19.2. The number of halogens is 2. The second-order valence-corrected chi connectivity index (χ2v) is 12.3. The van der Waals surface area contributed by atoms with Crippen LogP contribution in [0.3, 0.4) is 0 Å². The van der Waals surface area contributed by atoms with Crippen molar-refractivity contribution >= 4 is 49.9 Å². The van der Waals surface area contributed by atoms with Gasteiger partial charge in [-0.05, 0) is 53.6 Å². The fourth-order valence-corrected chi connectivity index (χ4v) is 6.13. The molecule has 0 amide bonds. The zero-order chi connectivity index (χ0) is 26.9. The molecule has 4 aromatic rings. The van der Waals surface area contributed by atoms with Gasteiger partial charge >= 0.3 is 0 Å². The van der Waals surface area contributed by atoms with Crippen LogP contribution in [0.15, 0.2) is 60.7 Å². The first-order valence-corrected chi connectivity index (χ1v) is 14.8. The summed E-state index contributed by atoms with van der Waals surface area (Å²) in [5.41, 5.74) is 5.08. The van der Waals surface area contributed by atoms with Crippen LogP contribution in [0.4, 0.5) is 5.69 Å². The summed E-state index contributed by atoms with van der Waals surface area (Å²) >= 11 is 12.3. The maximum absolute atomic E-state index is 12.0. The number of rotatable bonds is 7. The predicted molar refractivity (Wildman–Crippen MR) is 151 cm³/mol.